The van der Waals surface area contributed by atoms with Crippen LogP contribution in [0.3, 0.4) is 0 Å². The minimum Gasteiger partial charge on any atom is -0.378 e. The number of aromatic nitrogens is 4. The van der Waals surface area contributed by atoms with Crippen molar-refractivity contribution in [2.75, 3.05) is 13.7 Å². The average molecular weight is 225 g/mol. The zero-order valence-electron chi connectivity index (χ0n) is 10.1. The van der Waals surface area contributed by atoms with Gasteiger partial charge in [-0.3, -0.25) is 0 Å². The number of likely N-dealkylation sites (N-methyl/N-ethyl adjacent to an activating group) is 1. The van der Waals surface area contributed by atoms with Gasteiger partial charge >= 0.3 is 0 Å². The Morgan fingerprint density at radius 3 is 2.94 bits per heavy atom. The fourth-order valence-electron chi connectivity index (χ4n) is 2.24. The number of tetrazole rings is 1. The highest BCUT2D eigenvalue weighted by molar-refractivity contribution is 4.90. The van der Waals surface area contributed by atoms with Gasteiger partial charge in [0.15, 0.2) is 5.82 Å². The predicted molar refractivity (Wildman–Crippen MR) is 58.9 cm³/mol. The molecule has 1 aliphatic rings. The maximum atomic E-state index is 5.59. The van der Waals surface area contributed by atoms with E-state index in [1.807, 2.05) is 7.05 Å². The van der Waals surface area contributed by atoms with E-state index in [0.29, 0.717) is 18.1 Å². The highest BCUT2D eigenvalue weighted by atomic mass is 16.5. The lowest BCUT2D eigenvalue weighted by Gasteiger charge is -2.20. The van der Waals surface area contributed by atoms with Crippen LogP contribution in [0.15, 0.2) is 0 Å². The van der Waals surface area contributed by atoms with Crippen LogP contribution < -0.4 is 5.32 Å². The predicted octanol–water partition coefficient (Wildman–Crippen LogP) is -0.234. The van der Waals surface area contributed by atoms with E-state index in [1.165, 1.54) is 4.80 Å². The standard InChI is InChI=1S/C10H19N5O/c1-7-4-8(6-16-7)9(11-2)5-10-12-14-15(3)13-10/h7-9,11H,4-6H2,1-3H3. The summed E-state index contributed by atoms with van der Waals surface area (Å²) in [4.78, 5) is 1.50. The molecule has 2 rings (SSSR count). The summed E-state index contributed by atoms with van der Waals surface area (Å²) in [6, 6.07) is 0.370. The van der Waals surface area contributed by atoms with Crippen LogP contribution in [0.2, 0.25) is 0 Å². The van der Waals surface area contributed by atoms with Gasteiger partial charge in [-0.15, -0.1) is 10.2 Å². The van der Waals surface area contributed by atoms with Gasteiger partial charge in [0.05, 0.1) is 19.8 Å². The number of hydrogen-bond donors (Lipinski definition) is 1. The molecule has 90 valence electrons. The van der Waals surface area contributed by atoms with Crippen molar-refractivity contribution in [3.05, 3.63) is 5.82 Å². The Bertz CT molecular complexity index is 340. The van der Waals surface area contributed by atoms with Gasteiger partial charge in [-0.25, -0.2) is 0 Å². The van der Waals surface area contributed by atoms with E-state index >= 15 is 0 Å². The maximum absolute atomic E-state index is 5.59. The lowest BCUT2D eigenvalue weighted by atomic mass is 9.94. The second-order valence-corrected chi connectivity index (χ2v) is 4.43. The Hall–Kier alpha value is -1.01. The summed E-state index contributed by atoms with van der Waals surface area (Å²) in [5.74, 6) is 1.34. The molecule has 0 aromatic carbocycles. The van der Waals surface area contributed by atoms with Crippen LogP contribution in [0.25, 0.3) is 0 Å². The summed E-state index contributed by atoms with van der Waals surface area (Å²) in [7, 11) is 3.76. The SMILES string of the molecule is CNC(Cc1nnn(C)n1)C1COC(C)C1. The van der Waals surface area contributed by atoms with E-state index in [-0.39, 0.29) is 0 Å². The molecule has 0 spiro atoms. The van der Waals surface area contributed by atoms with Crippen molar-refractivity contribution < 1.29 is 4.74 Å². The van der Waals surface area contributed by atoms with Crippen molar-refractivity contribution in [3.8, 4) is 0 Å². The zero-order chi connectivity index (χ0) is 11.5. The Balaban J connectivity index is 1.95. The molecule has 1 aromatic heterocycles. The molecule has 0 amide bonds. The van der Waals surface area contributed by atoms with E-state index in [9.17, 15) is 0 Å². The zero-order valence-corrected chi connectivity index (χ0v) is 10.1. The average Bonchev–Trinajstić information content (AvgIpc) is 2.84. The fourth-order valence-corrected chi connectivity index (χ4v) is 2.24. The van der Waals surface area contributed by atoms with Gasteiger partial charge in [-0.05, 0) is 25.6 Å². The molecule has 1 aromatic rings. The Kier molecular flexibility index (Phi) is 3.50. The molecule has 0 bridgehead atoms. The third-order valence-electron chi connectivity index (χ3n) is 3.12. The second kappa shape index (κ2) is 4.88. The van der Waals surface area contributed by atoms with E-state index in [4.69, 9.17) is 4.74 Å². The monoisotopic (exact) mass is 225 g/mol. The Labute approximate surface area is 95.4 Å². The summed E-state index contributed by atoms with van der Waals surface area (Å²) in [6.45, 7) is 2.94. The molecule has 1 saturated heterocycles. The second-order valence-electron chi connectivity index (χ2n) is 4.43. The molecule has 3 atom stereocenters. The molecule has 1 aliphatic heterocycles. The van der Waals surface area contributed by atoms with Crippen molar-refractivity contribution in [2.24, 2.45) is 13.0 Å². The normalized spacial score (nSPS) is 27.2. The van der Waals surface area contributed by atoms with E-state index in [1.54, 1.807) is 7.05 Å². The topological polar surface area (TPSA) is 64.9 Å². The van der Waals surface area contributed by atoms with Crippen molar-refractivity contribution in [1.29, 1.82) is 0 Å². The number of nitrogens with zero attached hydrogens (tertiary/aromatic N) is 4. The van der Waals surface area contributed by atoms with Gasteiger partial charge in [0, 0.05) is 18.4 Å². The van der Waals surface area contributed by atoms with Crippen LogP contribution in [0.5, 0.6) is 0 Å². The van der Waals surface area contributed by atoms with E-state index in [0.717, 1.165) is 25.3 Å². The molecule has 0 saturated carbocycles. The van der Waals surface area contributed by atoms with Crippen molar-refractivity contribution in [1.82, 2.24) is 25.5 Å². The Morgan fingerprint density at radius 2 is 2.44 bits per heavy atom. The molecular weight excluding hydrogens is 206 g/mol. The van der Waals surface area contributed by atoms with E-state index in [2.05, 4.69) is 27.7 Å². The first-order chi connectivity index (χ1) is 7.69. The molecule has 16 heavy (non-hydrogen) atoms. The molecule has 1 fully saturated rings. The number of rotatable bonds is 4. The number of aryl methyl sites for hydroxylation is 1. The van der Waals surface area contributed by atoms with Gasteiger partial charge in [0.25, 0.3) is 0 Å². The quantitative estimate of drug-likeness (QED) is 0.766. The van der Waals surface area contributed by atoms with Crippen LogP contribution in [-0.4, -0.2) is 46.0 Å². The lowest BCUT2D eigenvalue weighted by molar-refractivity contribution is 0.117. The van der Waals surface area contributed by atoms with Gasteiger partial charge in [-0.2, -0.15) is 4.80 Å². The first-order valence-electron chi connectivity index (χ1n) is 5.70. The highest BCUT2D eigenvalue weighted by Crippen LogP contribution is 2.23. The van der Waals surface area contributed by atoms with Crippen LogP contribution in [0.4, 0.5) is 0 Å². The fraction of sp³-hybridized carbons (Fsp3) is 0.900. The molecule has 0 aliphatic carbocycles. The van der Waals surface area contributed by atoms with Gasteiger partial charge in [0.1, 0.15) is 0 Å². The summed E-state index contributed by atoms with van der Waals surface area (Å²) in [5.41, 5.74) is 0. The number of ether oxygens (including phenoxy) is 1. The first kappa shape index (κ1) is 11.5. The molecule has 6 nitrogen and oxygen atoms in total. The maximum Gasteiger partial charge on any atom is 0.176 e. The summed E-state index contributed by atoms with van der Waals surface area (Å²) >= 11 is 0. The summed E-state index contributed by atoms with van der Waals surface area (Å²) in [6.07, 6.45) is 2.28. The molecule has 0 radical (unpaired) electrons. The van der Waals surface area contributed by atoms with Crippen molar-refractivity contribution in [3.63, 3.8) is 0 Å². The van der Waals surface area contributed by atoms with Crippen molar-refractivity contribution >= 4 is 0 Å². The Morgan fingerprint density at radius 1 is 1.62 bits per heavy atom. The molecule has 1 N–H and O–H groups in total. The smallest absolute Gasteiger partial charge is 0.176 e. The molecular formula is C10H19N5O. The van der Waals surface area contributed by atoms with Gasteiger partial charge in [-0.1, -0.05) is 0 Å². The first-order valence-corrected chi connectivity index (χ1v) is 5.70. The summed E-state index contributed by atoms with van der Waals surface area (Å²) in [5, 5.41) is 15.4. The minimum absolute atomic E-state index is 0.370. The molecule has 6 heteroatoms. The van der Waals surface area contributed by atoms with Crippen LogP contribution in [-0.2, 0) is 18.2 Å². The van der Waals surface area contributed by atoms with Gasteiger partial charge < -0.3 is 10.1 Å². The highest BCUT2D eigenvalue weighted by Gasteiger charge is 2.29. The number of hydrogen-bond acceptors (Lipinski definition) is 5. The van der Waals surface area contributed by atoms with Crippen LogP contribution >= 0.6 is 0 Å². The lowest BCUT2D eigenvalue weighted by Crippen LogP contribution is -2.36. The minimum atomic E-state index is 0.370. The number of nitrogens with one attached hydrogen (secondary N) is 1. The van der Waals surface area contributed by atoms with E-state index < -0.39 is 0 Å². The van der Waals surface area contributed by atoms with Crippen LogP contribution in [0, 0.1) is 5.92 Å². The third kappa shape index (κ3) is 2.56. The van der Waals surface area contributed by atoms with Gasteiger partial charge in [0.2, 0.25) is 0 Å². The van der Waals surface area contributed by atoms with Crippen molar-refractivity contribution in [2.45, 2.75) is 31.9 Å². The molecule has 3 unspecified atom stereocenters. The van der Waals surface area contributed by atoms with Crippen LogP contribution in [0.1, 0.15) is 19.2 Å². The summed E-state index contributed by atoms with van der Waals surface area (Å²) < 4.78 is 5.59. The third-order valence-corrected chi connectivity index (χ3v) is 3.12. The largest absolute Gasteiger partial charge is 0.378 e. The molecule has 2 heterocycles.